The highest BCUT2D eigenvalue weighted by Crippen LogP contribution is 2.45. The first-order valence-electron chi connectivity index (χ1n) is 25.2. The van der Waals surface area contributed by atoms with Gasteiger partial charge in [-0.1, -0.05) is 71.1 Å². The summed E-state index contributed by atoms with van der Waals surface area (Å²) in [5, 5.41) is 23.5. The van der Waals surface area contributed by atoms with Crippen molar-refractivity contribution in [3.05, 3.63) is 47.6 Å². The molecular weight excluding hydrogens is 906 g/mol. The fourth-order valence-corrected chi connectivity index (χ4v) is 11.4. The van der Waals surface area contributed by atoms with E-state index >= 15 is 0 Å². The maximum atomic E-state index is 14.5. The Hall–Kier alpha value is -3.14. The van der Waals surface area contributed by atoms with Crippen LogP contribution in [-0.2, 0) is 56.7 Å². The quantitative estimate of drug-likeness (QED) is 0.104. The van der Waals surface area contributed by atoms with E-state index in [2.05, 4.69) is 0 Å². The van der Waals surface area contributed by atoms with Gasteiger partial charge in [-0.2, -0.15) is 0 Å². The maximum Gasteiger partial charge on any atom is 0.329 e. The van der Waals surface area contributed by atoms with Crippen LogP contribution in [0.4, 0.5) is 0 Å². The Morgan fingerprint density at radius 2 is 1.57 bits per heavy atom. The van der Waals surface area contributed by atoms with E-state index in [1.165, 1.54) is 12.0 Å². The van der Waals surface area contributed by atoms with Crippen molar-refractivity contribution < 1.29 is 67.0 Å². The minimum absolute atomic E-state index is 0.0117. The van der Waals surface area contributed by atoms with Gasteiger partial charge in [0.05, 0.1) is 24.4 Å². The number of rotatable bonds is 8. The van der Waals surface area contributed by atoms with Gasteiger partial charge in [-0.3, -0.25) is 23.7 Å². The van der Waals surface area contributed by atoms with E-state index in [1.807, 2.05) is 58.1 Å². The van der Waals surface area contributed by atoms with Crippen molar-refractivity contribution in [1.82, 2.24) is 4.90 Å². The van der Waals surface area contributed by atoms with Crippen molar-refractivity contribution in [2.24, 2.45) is 35.5 Å². The summed E-state index contributed by atoms with van der Waals surface area (Å²) in [6.45, 7) is 15.9. The average molecular weight is 990 g/mol. The molecule has 15 atom stereocenters. The van der Waals surface area contributed by atoms with Crippen LogP contribution in [0.2, 0.25) is 0 Å². The molecule has 15 nitrogen and oxygen atoms in total. The third-order valence-corrected chi connectivity index (χ3v) is 15.6. The highest BCUT2D eigenvalue weighted by atomic mass is 31.2. The number of Topliss-reactive ketones (excluding diaryl/α,β-unsaturated/α-hetero) is 3. The second kappa shape index (κ2) is 26.5. The number of cyclic esters (lactones) is 1. The molecule has 3 aliphatic heterocycles. The molecule has 2 bridgehead atoms. The van der Waals surface area contributed by atoms with Gasteiger partial charge in [0.1, 0.15) is 30.1 Å². The summed E-state index contributed by atoms with van der Waals surface area (Å²) in [4.78, 5) is 72.2. The Bertz CT molecular complexity index is 1940. The van der Waals surface area contributed by atoms with Gasteiger partial charge in [0.15, 0.2) is 13.2 Å². The predicted molar refractivity (Wildman–Crippen MR) is 263 cm³/mol. The number of esters is 1. The van der Waals surface area contributed by atoms with E-state index in [0.29, 0.717) is 63.4 Å². The molecule has 390 valence electrons. The number of carbonyl (C=O) groups excluding carboxylic acids is 5. The first kappa shape index (κ1) is 58.4. The molecule has 0 radical (unpaired) electrons. The summed E-state index contributed by atoms with van der Waals surface area (Å²) in [6.07, 6.45) is 11.4. The van der Waals surface area contributed by atoms with Gasteiger partial charge in [-0.15, -0.1) is 0 Å². The number of ether oxygens (including phenoxy) is 5. The second-order valence-electron chi connectivity index (χ2n) is 20.9. The van der Waals surface area contributed by atoms with Gasteiger partial charge in [0.2, 0.25) is 5.79 Å². The molecule has 0 spiro atoms. The van der Waals surface area contributed by atoms with Crippen molar-refractivity contribution in [3.63, 3.8) is 0 Å². The lowest BCUT2D eigenvalue weighted by Crippen LogP contribution is -2.61. The molecule has 0 aromatic heterocycles. The molecule has 1 amide bonds. The first-order chi connectivity index (χ1) is 32.4. The van der Waals surface area contributed by atoms with Crippen LogP contribution in [0, 0.1) is 35.5 Å². The largest absolute Gasteiger partial charge is 0.460 e. The Labute approximate surface area is 411 Å². The monoisotopic (exact) mass is 990 g/mol. The lowest BCUT2D eigenvalue weighted by molar-refractivity contribution is -0.265. The summed E-state index contributed by atoms with van der Waals surface area (Å²) in [7, 11) is 1.76. The summed E-state index contributed by atoms with van der Waals surface area (Å²) in [5.41, 5.74) is 1.25. The Morgan fingerprint density at radius 1 is 0.855 bits per heavy atom. The molecule has 4 rings (SSSR count). The van der Waals surface area contributed by atoms with Gasteiger partial charge in [-0.25, -0.2) is 4.79 Å². The average Bonchev–Trinajstić information content (AvgIpc) is 3.30. The zero-order valence-corrected chi connectivity index (χ0v) is 44.3. The van der Waals surface area contributed by atoms with Crippen LogP contribution in [0.15, 0.2) is 47.6 Å². The molecular formula is C53H84NO14P. The van der Waals surface area contributed by atoms with Gasteiger partial charge >= 0.3 is 5.97 Å². The lowest BCUT2D eigenvalue weighted by Gasteiger charge is -2.42. The van der Waals surface area contributed by atoms with Crippen LogP contribution in [-0.4, -0.2) is 140 Å². The van der Waals surface area contributed by atoms with E-state index in [4.69, 9.17) is 28.2 Å². The number of methoxy groups -OCH3 is 3. The SMILES string of the molecule is CO[C@H]1C[C@H]2CC[C@@H](C)[C@@](O)(O2)C(=O)C(=O)N2CCCC[C@H]2C(=O)O[C@H]([C@H](C)C[C@@H]2CC[C@H](OP(C)(C)=O)[C@H](OC)C2)CC(=O)[C@H](C)/C=C(\C)[C@@H](O)[C@@H](OC)C(=O)[C@H](C)C[C@H](C)/C=C/C=CC=C1C. The number of allylic oxidation sites excluding steroid dienone is 6. The molecule has 0 aromatic carbocycles. The van der Waals surface area contributed by atoms with Crippen LogP contribution in [0.3, 0.4) is 0 Å². The van der Waals surface area contributed by atoms with Gasteiger partial charge in [0, 0.05) is 71.8 Å². The van der Waals surface area contributed by atoms with Gasteiger partial charge < -0.3 is 43.3 Å². The second-order valence-corrected chi connectivity index (χ2v) is 23.6. The molecule has 2 saturated heterocycles. The number of piperidine rings is 1. The Balaban J connectivity index is 1.70. The van der Waals surface area contributed by atoms with Crippen LogP contribution < -0.4 is 0 Å². The van der Waals surface area contributed by atoms with E-state index in [1.54, 1.807) is 54.4 Å². The van der Waals surface area contributed by atoms with Crippen LogP contribution >= 0.6 is 7.37 Å². The summed E-state index contributed by atoms with van der Waals surface area (Å²) < 4.78 is 48.2. The van der Waals surface area contributed by atoms with Crippen LogP contribution in [0.5, 0.6) is 0 Å². The molecule has 1 saturated carbocycles. The third kappa shape index (κ3) is 16.2. The van der Waals surface area contributed by atoms with Crippen molar-refractivity contribution in [2.75, 3.05) is 41.2 Å². The molecule has 69 heavy (non-hydrogen) atoms. The molecule has 2 N–H and O–H groups in total. The lowest BCUT2D eigenvalue weighted by atomic mass is 9.78. The molecule has 0 unspecified atom stereocenters. The maximum absolute atomic E-state index is 14.5. The van der Waals surface area contributed by atoms with Crippen LogP contribution in [0.25, 0.3) is 0 Å². The number of hydrogen-bond acceptors (Lipinski definition) is 14. The summed E-state index contributed by atoms with van der Waals surface area (Å²) in [5.74, 6) is -8.11. The Kier molecular flexibility index (Phi) is 22.5. The van der Waals surface area contributed by atoms with Crippen molar-refractivity contribution in [3.8, 4) is 0 Å². The first-order valence-corrected chi connectivity index (χ1v) is 27.7. The highest BCUT2D eigenvalue weighted by Gasteiger charge is 2.53. The number of aliphatic hydroxyl groups excluding tert-OH is 1. The number of nitrogens with zero attached hydrogens (tertiary/aromatic N) is 1. The number of amides is 1. The normalized spacial score (nSPS) is 37.8. The fraction of sp³-hybridized carbons (Fsp3) is 0.755. The van der Waals surface area contributed by atoms with Crippen molar-refractivity contribution >= 4 is 36.6 Å². The minimum atomic E-state index is -2.79. The molecule has 16 heteroatoms. The number of aliphatic hydroxyl groups is 2. The van der Waals surface area contributed by atoms with E-state index < -0.39 is 85.1 Å². The van der Waals surface area contributed by atoms with Crippen LogP contribution in [0.1, 0.15) is 126 Å². The summed E-state index contributed by atoms with van der Waals surface area (Å²) >= 11 is 0. The number of carbonyl (C=O) groups is 5. The van der Waals surface area contributed by atoms with Gasteiger partial charge in [-0.05, 0) is 107 Å². The van der Waals surface area contributed by atoms with Crippen molar-refractivity contribution in [2.45, 2.75) is 180 Å². The smallest absolute Gasteiger partial charge is 0.329 e. The zero-order valence-electron chi connectivity index (χ0n) is 43.4. The number of hydrogen-bond donors (Lipinski definition) is 2. The standard InChI is InChI=1S/C53H84NO14P/c1-32-18-14-13-15-19-33(2)44(63-8)30-40-23-21-38(7)53(61,67-40)50(58)51(59)54-25-17-16-20-41(54)52(60)66-45(35(4)28-39-22-24-43(46(29-39)64-9)68-69(11,12)62)31-42(55)34(3)27-37(6)48(57)49(65-10)47(56)36(5)26-32/h13-15,18-19,27,32,34-36,38-41,43-46,48-49,57,61H,16-17,20-26,28-31H2,1-12H3/b15-13?,18-14+,33-19?,37-27+/t32-,34-,35-,36-,38-,39+,40-,41+,43+,44+,45+,46-,48-,49+,53-/m1/s1. The minimum Gasteiger partial charge on any atom is -0.460 e. The zero-order chi connectivity index (χ0) is 51.4. The molecule has 3 heterocycles. The molecule has 4 aliphatic rings. The fourth-order valence-electron chi connectivity index (χ4n) is 10.5. The van der Waals surface area contributed by atoms with Gasteiger partial charge in [0.25, 0.3) is 11.7 Å². The van der Waals surface area contributed by atoms with E-state index in [-0.39, 0.29) is 60.9 Å². The number of ketones is 3. The van der Waals surface area contributed by atoms with Crippen molar-refractivity contribution in [1.29, 1.82) is 0 Å². The predicted octanol–water partition coefficient (Wildman–Crippen LogP) is 7.74. The number of fused-ring (bicyclic) bond motifs is 3. The Morgan fingerprint density at radius 3 is 2.22 bits per heavy atom. The third-order valence-electron chi connectivity index (χ3n) is 14.8. The van der Waals surface area contributed by atoms with E-state index in [0.717, 1.165) is 12.0 Å². The molecule has 1 aliphatic carbocycles. The molecule has 3 fully saturated rings. The highest BCUT2D eigenvalue weighted by molar-refractivity contribution is 7.57. The molecule has 0 aromatic rings. The topological polar surface area (TPSA) is 201 Å². The van der Waals surface area contributed by atoms with E-state index in [9.17, 15) is 38.8 Å². The summed E-state index contributed by atoms with van der Waals surface area (Å²) in [6, 6.07) is -1.16.